The van der Waals surface area contributed by atoms with Gasteiger partial charge in [-0.15, -0.1) is 0 Å². The van der Waals surface area contributed by atoms with Crippen LogP contribution in [-0.4, -0.2) is 60.6 Å². The molecule has 1 aromatic rings. The van der Waals surface area contributed by atoms with E-state index in [9.17, 15) is 0 Å². The minimum absolute atomic E-state index is 0.518. The van der Waals surface area contributed by atoms with E-state index in [-0.39, 0.29) is 0 Å². The van der Waals surface area contributed by atoms with Crippen LogP contribution in [0.1, 0.15) is 58.6 Å². The quantitative estimate of drug-likeness (QED) is 0.503. The zero-order chi connectivity index (χ0) is 20.4. The molecule has 1 aliphatic heterocycles. The normalized spacial score (nSPS) is 16.8. The van der Waals surface area contributed by atoms with Crippen LogP contribution in [0.5, 0.6) is 0 Å². The number of hydrogen-bond donors (Lipinski definition) is 2. The maximum Gasteiger partial charge on any atom is 0.191 e. The molecule has 0 bridgehead atoms. The summed E-state index contributed by atoms with van der Waals surface area (Å²) in [4.78, 5) is 9.82. The van der Waals surface area contributed by atoms with E-state index in [2.05, 4.69) is 79.3 Å². The summed E-state index contributed by atoms with van der Waals surface area (Å²) in [7, 11) is 0. The molecule has 28 heavy (non-hydrogen) atoms. The van der Waals surface area contributed by atoms with Gasteiger partial charge in [-0.25, -0.2) is 4.99 Å². The summed E-state index contributed by atoms with van der Waals surface area (Å²) in [6, 6.07) is 10.1. The number of piperidine rings is 1. The summed E-state index contributed by atoms with van der Waals surface area (Å²) in [5.74, 6) is 0.942. The average Bonchev–Trinajstić information content (AvgIpc) is 2.71. The summed E-state index contributed by atoms with van der Waals surface area (Å²) < 4.78 is 0. The van der Waals surface area contributed by atoms with Crippen LogP contribution in [0.4, 0.5) is 0 Å². The zero-order valence-corrected chi connectivity index (χ0v) is 18.7. The van der Waals surface area contributed by atoms with Crippen molar-refractivity contribution in [3.05, 3.63) is 35.4 Å². The van der Waals surface area contributed by atoms with Gasteiger partial charge in [0.15, 0.2) is 5.96 Å². The first-order chi connectivity index (χ1) is 13.5. The third-order valence-corrected chi connectivity index (χ3v) is 5.69. The standard InChI is InChI=1S/C23H41N5/c1-6-24-23(26-22-13-15-28(16-14-22)19(4)5)25-17-20-9-11-21(12-10-20)18-27(7-2)8-3/h9-12,19,22H,6-8,13-18H2,1-5H3,(H2,24,25,26). The van der Waals surface area contributed by atoms with Crippen LogP contribution in [0.2, 0.25) is 0 Å². The Morgan fingerprint density at radius 1 is 1.07 bits per heavy atom. The number of aliphatic imine (C=N–C) groups is 1. The van der Waals surface area contributed by atoms with E-state index >= 15 is 0 Å². The monoisotopic (exact) mass is 387 g/mol. The molecule has 5 nitrogen and oxygen atoms in total. The Kier molecular flexibility index (Phi) is 9.79. The SMILES string of the molecule is CCNC(=NCc1ccc(CN(CC)CC)cc1)NC1CCN(C(C)C)CC1. The van der Waals surface area contributed by atoms with Crippen LogP contribution in [0.15, 0.2) is 29.3 Å². The Morgan fingerprint density at radius 3 is 2.21 bits per heavy atom. The first kappa shape index (κ1) is 22.7. The van der Waals surface area contributed by atoms with Gasteiger partial charge in [-0.1, -0.05) is 38.1 Å². The molecule has 0 spiro atoms. The van der Waals surface area contributed by atoms with Gasteiger partial charge in [-0.05, 0) is 57.8 Å². The van der Waals surface area contributed by atoms with Gasteiger partial charge in [-0.3, -0.25) is 4.90 Å². The van der Waals surface area contributed by atoms with Crippen molar-refractivity contribution in [1.29, 1.82) is 0 Å². The van der Waals surface area contributed by atoms with Crippen LogP contribution in [0.3, 0.4) is 0 Å². The minimum atomic E-state index is 0.518. The summed E-state index contributed by atoms with van der Waals surface area (Å²) in [6.45, 7) is 18.3. The summed E-state index contributed by atoms with van der Waals surface area (Å²) >= 11 is 0. The average molecular weight is 388 g/mol. The Bertz CT molecular complexity index is 569. The number of benzene rings is 1. The number of nitrogens with zero attached hydrogens (tertiary/aromatic N) is 3. The van der Waals surface area contributed by atoms with Crippen molar-refractivity contribution in [3.8, 4) is 0 Å². The molecule has 2 rings (SSSR count). The molecule has 158 valence electrons. The van der Waals surface area contributed by atoms with Gasteiger partial charge in [0, 0.05) is 38.3 Å². The Balaban J connectivity index is 1.88. The minimum Gasteiger partial charge on any atom is -0.357 e. The maximum atomic E-state index is 4.83. The van der Waals surface area contributed by atoms with Gasteiger partial charge in [0.05, 0.1) is 6.54 Å². The molecule has 0 radical (unpaired) electrons. The van der Waals surface area contributed by atoms with Crippen LogP contribution in [0, 0.1) is 0 Å². The highest BCUT2D eigenvalue weighted by Gasteiger charge is 2.21. The van der Waals surface area contributed by atoms with Crippen molar-refractivity contribution < 1.29 is 0 Å². The Labute approximate surface area is 172 Å². The fourth-order valence-electron chi connectivity index (χ4n) is 3.70. The molecule has 0 saturated carbocycles. The summed E-state index contributed by atoms with van der Waals surface area (Å²) in [6.07, 6.45) is 2.37. The smallest absolute Gasteiger partial charge is 0.191 e. The zero-order valence-electron chi connectivity index (χ0n) is 18.7. The lowest BCUT2D eigenvalue weighted by Gasteiger charge is -2.35. The molecule has 0 amide bonds. The van der Waals surface area contributed by atoms with Gasteiger partial charge in [0.1, 0.15) is 0 Å². The molecular weight excluding hydrogens is 346 g/mol. The Hall–Kier alpha value is -1.59. The molecule has 0 atom stereocenters. The highest BCUT2D eigenvalue weighted by atomic mass is 15.2. The number of hydrogen-bond acceptors (Lipinski definition) is 3. The molecule has 1 saturated heterocycles. The number of likely N-dealkylation sites (tertiary alicyclic amines) is 1. The van der Waals surface area contributed by atoms with E-state index in [4.69, 9.17) is 4.99 Å². The van der Waals surface area contributed by atoms with E-state index in [0.29, 0.717) is 18.6 Å². The first-order valence-electron chi connectivity index (χ1n) is 11.1. The molecule has 1 aromatic carbocycles. The molecule has 5 heteroatoms. The van der Waals surface area contributed by atoms with E-state index < -0.39 is 0 Å². The van der Waals surface area contributed by atoms with Crippen molar-refractivity contribution in [1.82, 2.24) is 20.4 Å². The number of guanidine groups is 1. The van der Waals surface area contributed by atoms with E-state index in [1.807, 2.05) is 0 Å². The second-order valence-electron chi connectivity index (χ2n) is 8.02. The highest BCUT2D eigenvalue weighted by Crippen LogP contribution is 2.13. The molecule has 1 aliphatic rings. The molecule has 2 N–H and O–H groups in total. The number of nitrogens with one attached hydrogen (secondary N) is 2. The van der Waals surface area contributed by atoms with Crippen LogP contribution < -0.4 is 10.6 Å². The predicted octanol–water partition coefficient (Wildman–Crippen LogP) is 3.46. The third-order valence-electron chi connectivity index (χ3n) is 5.69. The van der Waals surface area contributed by atoms with Crippen molar-refractivity contribution >= 4 is 5.96 Å². The van der Waals surface area contributed by atoms with Crippen molar-refractivity contribution in [2.75, 3.05) is 32.7 Å². The fraction of sp³-hybridized carbons (Fsp3) is 0.696. The van der Waals surface area contributed by atoms with Crippen molar-refractivity contribution in [2.45, 2.75) is 72.6 Å². The van der Waals surface area contributed by atoms with Gasteiger partial charge in [0.2, 0.25) is 0 Å². The molecule has 0 aromatic heterocycles. The lowest BCUT2D eigenvalue weighted by atomic mass is 10.0. The number of rotatable bonds is 9. The van der Waals surface area contributed by atoms with Gasteiger partial charge < -0.3 is 15.5 Å². The fourth-order valence-corrected chi connectivity index (χ4v) is 3.70. The van der Waals surface area contributed by atoms with Gasteiger partial charge in [-0.2, -0.15) is 0 Å². The lowest BCUT2D eigenvalue weighted by molar-refractivity contribution is 0.167. The van der Waals surface area contributed by atoms with Crippen LogP contribution in [0.25, 0.3) is 0 Å². The Morgan fingerprint density at radius 2 is 1.68 bits per heavy atom. The maximum absolute atomic E-state index is 4.83. The second kappa shape index (κ2) is 12.1. The van der Waals surface area contributed by atoms with E-state index in [1.54, 1.807) is 0 Å². The third kappa shape index (κ3) is 7.44. The lowest BCUT2D eigenvalue weighted by Crippen LogP contribution is -2.49. The highest BCUT2D eigenvalue weighted by molar-refractivity contribution is 5.80. The molecule has 1 fully saturated rings. The summed E-state index contributed by atoms with van der Waals surface area (Å²) in [5, 5.41) is 7.05. The van der Waals surface area contributed by atoms with Crippen LogP contribution >= 0.6 is 0 Å². The van der Waals surface area contributed by atoms with E-state index in [0.717, 1.165) is 32.1 Å². The van der Waals surface area contributed by atoms with E-state index in [1.165, 1.54) is 37.1 Å². The van der Waals surface area contributed by atoms with Gasteiger partial charge in [0.25, 0.3) is 0 Å². The van der Waals surface area contributed by atoms with Crippen LogP contribution in [-0.2, 0) is 13.1 Å². The molecule has 0 aliphatic carbocycles. The van der Waals surface area contributed by atoms with Gasteiger partial charge >= 0.3 is 0 Å². The largest absolute Gasteiger partial charge is 0.357 e. The second-order valence-corrected chi connectivity index (χ2v) is 8.02. The first-order valence-corrected chi connectivity index (χ1v) is 11.1. The topological polar surface area (TPSA) is 42.9 Å². The predicted molar refractivity (Wildman–Crippen MR) is 121 cm³/mol. The van der Waals surface area contributed by atoms with Crippen molar-refractivity contribution in [3.63, 3.8) is 0 Å². The molecular formula is C23H41N5. The molecule has 1 heterocycles. The van der Waals surface area contributed by atoms with Crippen molar-refractivity contribution in [2.24, 2.45) is 4.99 Å². The molecule has 0 unspecified atom stereocenters. The summed E-state index contributed by atoms with van der Waals surface area (Å²) in [5.41, 5.74) is 2.63.